The summed E-state index contributed by atoms with van der Waals surface area (Å²) in [6, 6.07) is 0. The maximum absolute atomic E-state index is 12.4. The van der Waals surface area contributed by atoms with E-state index >= 15 is 0 Å². The van der Waals surface area contributed by atoms with Gasteiger partial charge in [0.15, 0.2) is 0 Å². The predicted molar refractivity (Wildman–Crippen MR) is 73.2 cm³/mol. The van der Waals surface area contributed by atoms with Crippen molar-refractivity contribution >= 4 is 5.97 Å². The van der Waals surface area contributed by atoms with Crippen LogP contribution in [-0.4, -0.2) is 11.6 Å². The summed E-state index contributed by atoms with van der Waals surface area (Å²) in [4.78, 5) is 12.4. The maximum Gasteiger partial charge on any atom is 0.312 e. The standard InChI is InChI=1S/C16H28O2/c1-11(2)9-15(3,4)14(17)18-16(5)10-12-6-7-13(16)8-12/h11-13H,6-10H2,1-5H3. The number of carbonyl (C=O) groups is 1. The Labute approximate surface area is 111 Å². The Hall–Kier alpha value is -0.530. The van der Waals surface area contributed by atoms with E-state index < -0.39 is 0 Å². The third-order valence-corrected chi connectivity index (χ3v) is 4.90. The third kappa shape index (κ3) is 2.57. The first-order valence-corrected chi connectivity index (χ1v) is 7.46. The maximum atomic E-state index is 12.4. The van der Waals surface area contributed by atoms with Crippen molar-refractivity contribution in [2.75, 3.05) is 0 Å². The highest BCUT2D eigenvalue weighted by molar-refractivity contribution is 5.76. The van der Waals surface area contributed by atoms with Crippen molar-refractivity contribution in [3.63, 3.8) is 0 Å². The molecule has 0 amide bonds. The average Bonchev–Trinajstić information content (AvgIpc) is 2.74. The van der Waals surface area contributed by atoms with E-state index in [9.17, 15) is 4.79 Å². The summed E-state index contributed by atoms with van der Waals surface area (Å²) in [5.41, 5.74) is -0.521. The minimum absolute atomic E-state index is 0.00579. The van der Waals surface area contributed by atoms with Crippen LogP contribution in [0, 0.1) is 23.2 Å². The molecule has 2 saturated carbocycles. The first-order chi connectivity index (χ1) is 8.23. The van der Waals surface area contributed by atoms with E-state index in [1.54, 1.807) is 0 Å². The fraction of sp³-hybridized carbons (Fsp3) is 0.938. The molecule has 0 heterocycles. The first kappa shape index (κ1) is 13.9. The van der Waals surface area contributed by atoms with Crippen LogP contribution in [0.25, 0.3) is 0 Å². The van der Waals surface area contributed by atoms with Crippen LogP contribution in [-0.2, 0) is 9.53 Å². The molecular weight excluding hydrogens is 224 g/mol. The lowest BCUT2D eigenvalue weighted by molar-refractivity contribution is -0.175. The van der Waals surface area contributed by atoms with E-state index in [1.807, 2.05) is 13.8 Å². The molecule has 2 heteroatoms. The Bertz CT molecular complexity index is 332. The fourth-order valence-electron chi connectivity index (χ4n) is 4.13. The number of ether oxygens (including phenoxy) is 1. The summed E-state index contributed by atoms with van der Waals surface area (Å²) in [5, 5.41) is 0. The molecule has 2 fully saturated rings. The molecule has 104 valence electrons. The summed E-state index contributed by atoms with van der Waals surface area (Å²) in [5.74, 6) is 1.95. The van der Waals surface area contributed by atoms with E-state index in [0.29, 0.717) is 11.8 Å². The van der Waals surface area contributed by atoms with Crippen molar-refractivity contribution in [1.82, 2.24) is 0 Å². The Morgan fingerprint density at radius 3 is 2.50 bits per heavy atom. The van der Waals surface area contributed by atoms with Gasteiger partial charge in [-0.15, -0.1) is 0 Å². The number of fused-ring (bicyclic) bond motifs is 2. The second-order valence-corrected chi connectivity index (χ2v) is 7.76. The van der Waals surface area contributed by atoms with E-state index in [0.717, 1.165) is 18.8 Å². The lowest BCUT2D eigenvalue weighted by Gasteiger charge is -2.37. The second kappa shape index (κ2) is 4.54. The molecule has 3 atom stereocenters. The van der Waals surface area contributed by atoms with E-state index in [-0.39, 0.29) is 17.0 Å². The van der Waals surface area contributed by atoms with Crippen LogP contribution in [0.15, 0.2) is 0 Å². The van der Waals surface area contributed by atoms with Gasteiger partial charge in [-0.3, -0.25) is 4.79 Å². The van der Waals surface area contributed by atoms with Gasteiger partial charge in [0.05, 0.1) is 5.41 Å². The second-order valence-electron chi connectivity index (χ2n) is 7.76. The number of hydrogen-bond acceptors (Lipinski definition) is 2. The molecule has 2 aliphatic carbocycles. The van der Waals surface area contributed by atoms with Crippen LogP contribution in [0.3, 0.4) is 0 Å². The van der Waals surface area contributed by atoms with Crippen LogP contribution < -0.4 is 0 Å². The van der Waals surface area contributed by atoms with Crippen molar-refractivity contribution < 1.29 is 9.53 Å². The van der Waals surface area contributed by atoms with E-state index in [2.05, 4.69) is 20.8 Å². The van der Waals surface area contributed by atoms with Crippen molar-refractivity contribution in [1.29, 1.82) is 0 Å². The molecule has 2 aliphatic rings. The quantitative estimate of drug-likeness (QED) is 0.702. The first-order valence-electron chi connectivity index (χ1n) is 7.46. The molecule has 2 nitrogen and oxygen atoms in total. The van der Waals surface area contributed by atoms with Gasteiger partial charge in [0.2, 0.25) is 0 Å². The summed E-state index contributed by atoms with van der Waals surface area (Å²) in [6.45, 7) is 10.5. The molecule has 2 bridgehead atoms. The van der Waals surface area contributed by atoms with E-state index in [1.165, 1.54) is 19.3 Å². The molecule has 0 radical (unpaired) electrons. The van der Waals surface area contributed by atoms with Gasteiger partial charge in [-0.2, -0.15) is 0 Å². The zero-order valence-electron chi connectivity index (χ0n) is 12.6. The molecular formula is C16H28O2. The minimum atomic E-state index is -0.348. The van der Waals surface area contributed by atoms with Gasteiger partial charge in [-0.05, 0) is 70.6 Å². The lowest BCUT2D eigenvalue weighted by atomic mass is 9.82. The molecule has 18 heavy (non-hydrogen) atoms. The van der Waals surface area contributed by atoms with Gasteiger partial charge in [0.1, 0.15) is 5.60 Å². The summed E-state index contributed by atoms with van der Waals surface area (Å²) in [7, 11) is 0. The SMILES string of the molecule is CC(C)CC(C)(C)C(=O)OC1(C)CC2CCC1C2. The zero-order chi connectivity index (χ0) is 13.6. The Morgan fingerprint density at radius 2 is 2.06 bits per heavy atom. The van der Waals surface area contributed by atoms with Crippen molar-refractivity contribution in [2.45, 2.75) is 72.3 Å². The predicted octanol–water partition coefficient (Wildman–Crippen LogP) is 4.18. The highest BCUT2D eigenvalue weighted by atomic mass is 16.6. The number of rotatable bonds is 4. The van der Waals surface area contributed by atoms with Gasteiger partial charge in [0, 0.05) is 0 Å². The summed E-state index contributed by atoms with van der Waals surface area (Å²) < 4.78 is 5.96. The van der Waals surface area contributed by atoms with Crippen LogP contribution in [0.4, 0.5) is 0 Å². The van der Waals surface area contributed by atoms with Crippen LogP contribution in [0.1, 0.15) is 66.7 Å². The van der Waals surface area contributed by atoms with Crippen LogP contribution in [0.5, 0.6) is 0 Å². The highest BCUT2D eigenvalue weighted by Crippen LogP contribution is 2.53. The number of esters is 1. The highest BCUT2D eigenvalue weighted by Gasteiger charge is 2.51. The molecule has 0 aromatic heterocycles. The van der Waals surface area contributed by atoms with Gasteiger partial charge in [-0.1, -0.05) is 13.8 Å². The Balaban J connectivity index is 1.99. The van der Waals surface area contributed by atoms with Gasteiger partial charge in [-0.25, -0.2) is 0 Å². The smallest absolute Gasteiger partial charge is 0.312 e. The average molecular weight is 252 g/mol. The Morgan fingerprint density at radius 1 is 1.39 bits per heavy atom. The molecule has 0 aromatic carbocycles. The Kier molecular flexibility index (Phi) is 3.50. The van der Waals surface area contributed by atoms with Crippen molar-refractivity contribution in [2.24, 2.45) is 23.2 Å². The summed E-state index contributed by atoms with van der Waals surface area (Å²) in [6.07, 6.45) is 5.85. The number of carbonyl (C=O) groups excluding carboxylic acids is 1. The van der Waals surface area contributed by atoms with Gasteiger partial charge < -0.3 is 4.74 Å². The molecule has 2 rings (SSSR count). The molecule has 0 aliphatic heterocycles. The minimum Gasteiger partial charge on any atom is -0.459 e. The van der Waals surface area contributed by atoms with Crippen LogP contribution in [0.2, 0.25) is 0 Å². The van der Waals surface area contributed by atoms with Crippen molar-refractivity contribution in [3.8, 4) is 0 Å². The number of hydrogen-bond donors (Lipinski definition) is 0. The molecule has 0 N–H and O–H groups in total. The van der Waals surface area contributed by atoms with Gasteiger partial charge >= 0.3 is 5.97 Å². The van der Waals surface area contributed by atoms with Crippen molar-refractivity contribution in [3.05, 3.63) is 0 Å². The molecule has 0 aromatic rings. The van der Waals surface area contributed by atoms with Gasteiger partial charge in [0.25, 0.3) is 0 Å². The monoisotopic (exact) mass is 252 g/mol. The van der Waals surface area contributed by atoms with E-state index in [4.69, 9.17) is 4.74 Å². The lowest BCUT2D eigenvalue weighted by Crippen LogP contribution is -2.41. The van der Waals surface area contributed by atoms with Crippen LogP contribution >= 0.6 is 0 Å². The fourth-order valence-corrected chi connectivity index (χ4v) is 4.13. The largest absolute Gasteiger partial charge is 0.459 e. The third-order valence-electron chi connectivity index (χ3n) is 4.90. The molecule has 0 spiro atoms. The zero-order valence-corrected chi connectivity index (χ0v) is 12.6. The normalized spacial score (nSPS) is 35.2. The molecule has 0 saturated heterocycles. The molecule has 3 unspecified atom stereocenters. The topological polar surface area (TPSA) is 26.3 Å². The summed E-state index contributed by atoms with van der Waals surface area (Å²) >= 11 is 0.